The van der Waals surface area contributed by atoms with Crippen LogP contribution in [0.25, 0.3) is 0 Å². The molecular formula is C13H14O3. The van der Waals surface area contributed by atoms with E-state index in [1.165, 1.54) is 18.2 Å². The Bertz CT molecular complexity index is 428. The largest absolute Gasteiger partial charge is 0.299 e. The first kappa shape index (κ1) is 11.0. The van der Waals surface area contributed by atoms with E-state index in [4.69, 9.17) is 0 Å². The van der Waals surface area contributed by atoms with Crippen molar-refractivity contribution in [3.63, 3.8) is 0 Å². The van der Waals surface area contributed by atoms with Crippen LogP contribution in [0.15, 0.2) is 23.8 Å². The Morgan fingerprint density at radius 3 is 2.56 bits per heavy atom. The Balaban J connectivity index is 2.39. The number of hydrogen-bond acceptors (Lipinski definition) is 3. The van der Waals surface area contributed by atoms with Crippen molar-refractivity contribution >= 4 is 17.3 Å². The molecule has 1 atom stereocenters. The Morgan fingerprint density at radius 2 is 1.88 bits per heavy atom. The van der Waals surface area contributed by atoms with Crippen molar-refractivity contribution < 1.29 is 14.4 Å². The van der Waals surface area contributed by atoms with E-state index >= 15 is 0 Å². The summed E-state index contributed by atoms with van der Waals surface area (Å²) < 4.78 is 0. The number of hydrogen-bond donors (Lipinski definition) is 0. The van der Waals surface area contributed by atoms with Crippen LogP contribution in [0.1, 0.15) is 32.6 Å². The van der Waals surface area contributed by atoms with E-state index in [2.05, 4.69) is 0 Å². The summed E-state index contributed by atoms with van der Waals surface area (Å²) in [6.07, 6.45) is 6.85. The highest BCUT2D eigenvalue weighted by Crippen LogP contribution is 2.40. The highest BCUT2D eigenvalue weighted by molar-refractivity contribution is 6.20. The van der Waals surface area contributed by atoms with E-state index in [1.807, 2.05) is 0 Å². The van der Waals surface area contributed by atoms with E-state index < -0.39 is 5.41 Å². The summed E-state index contributed by atoms with van der Waals surface area (Å²) in [5.74, 6) is -0.312. The van der Waals surface area contributed by atoms with Crippen LogP contribution in [-0.2, 0) is 14.4 Å². The third kappa shape index (κ3) is 1.66. The van der Waals surface area contributed by atoms with Crippen molar-refractivity contribution in [2.75, 3.05) is 0 Å². The maximum Gasteiger partial charge on any atom is 0.183 e. The first-order chi connectivity index (χ1) is 7.54. The quantitative estimate of drug-likeness (QED) is 0.630. The summed E-state index contributed by atoms with van der Waals surface area (Å²) in [5, 5.41) is 0. The van der Waals surface area contributed by atoms with Gasteiger partial charge >= 0.3 is 0 Å². The molecule has 1 saturated carbocycles. The second-order valence-corrected chi connectivity index (χ2v) is 4.62. The fourth-order valence-corrected chi connectivity index (χ4v) is 2.40. The van der Waals surface area contributed by atoms with Crippen molar-refractivity contribution in [3.05, 3.63) is 23.8 Å². The van der Waals surface area contributed by atoms with Crippen molar-refractivity contribution in [1.29, 1.82) is 0 Å². The van der Waals surface area contributed by atoms with E-state index in [9.17, 15) is 14.4 Å². The fourth-order valence-electron chi connectivity index (χ4n) is 2.40. The lowest BCUT2D eigenvalue weighted by atomic mass is 9.67. The molecular weight excluding hydrogens is 204 g/mol. The Morgan fingerprint density at radius 1 is 1.12 bits per heavy atom. The van der Waals surface area contributed by atoms with Gasteiger partial charge in [-0.25, -0.2) is 0 Å². The lowest BCUT2D eigenvalue weighted by Crippen LogP contribution is -2.36. The van der Waals surface area contributed by atoms with Gasteiger partial charge in [-0.2, -0.15) is 0 Å². The maximum absolute atomic E-state index is 11.9. The topological polar surface area (TPSA) is 51.2 Å². The summed E-state index contributed by atoms with van der Waals surface area (Å²) in [6.45, 7) is 1.78. The zero-order valence-corrected chi connectivity index (χ0v) is 9.29. The number of Topliss-reactive ketones (excluding diaryl/α,β-unsaturated/α-hetero) is 1. The normalized spacial score (nSPS) is 30.6. The van der Waals surface area contributed by atoms with Crippen molar-refractivity contribution in [2.45, 2.75) is 32.6 Å². The van der Waals surface area contributed by atoms with Gasteiger partial charge in [0.25, 0.3) is 0 Å². The van der Waals surface area contributed by atoms with E-state index in [-0.39, 0.29) is 17.3 Å². The monoisotopic (exact) mass is 218 g/mol. The molecule has 1 fully saturated rings. The molecule has 16 heavy (non-hydrogen) atoms. The van der Waals surface area contributed by atoms with Crippen LogP contribution < -0.4 is 0 Å². The first-order valence-electron chi connectivity index (χ1n) is 5.56. The zero-order valence-electron chi connectivity index (χ0n) is 9.29. The molecule has 0 aliphatic heterocycles. The smallest absolute Gasteiger partial charge is 0.183 e. The van der Waals surface area contributed by atoms with Crippen LogP contribution in [0.5, 0.6) is 0 Å². The molecule has 2 rings (SSSR count). The molecule has 0 N–H and O–H groups in total. The van der Waals surface area contributed by atoms with Gasteiger partial charge in [-0.1, -0.05) is 6.42 Å². The summed E-state index contributed by atoms with van der Waals surface area (Å²) in [7, 11) is 0. The molecule has 0 spiro atoms. The summed E-state index contributed by atoms with van der Waals surface area (Å²) in [6, 6.07) is 0. The molecule has 0 aromatic carbocycles. The average Bonchev–Trinajstić information content (AvgIpc) is 2.26. The summed E-state index contributed by atoms with van der Waals surface area (Å²) in [5.41, 5.74) is -0.361. The highest BCUT2D eigenvalue weighted by atomic mass is 16.1. The predicted molar refractivity (Wildman–Crippen MR) is 58.8 cm³/mol. The SMILES string of the molecule is CC1(C2=CC(=O)C=CC2=O)CCCCC1=O. The molecule has 0 aromatic rings. The second kappa shape index (κ2) is 3.81. The van der Waals surface area contributed by atoms with Gasteiger partial charge in [-0.05, 0) is 38.0 Å². The minimum atomic E-state index is -0.740. The predicted octanol–water partition coefficient (Wildman–Crippen LogP) is 1.77. The molecule has 3 nitrogen and oxygen atoms in total. The first-order valence-corrected chi connectivity index (χ1v) is 5.56. The van der Waals surface area contributed by atoms with Gasteiger partial charge in [-0.15, -0.1) is 0 Å². The molecule has 84 valence electrons. The van der Waals surface area contributed by atoms with Crippen molar-refractivity contribution in [3.8, 4) is 0 Å². The van der Waals surface area contributed by atoms with E-state index in [1.54, 1.807) is 6.92 Å². The van der Waals surface area contributed by atoms with Crippen LogP contribution in [-0.4, -0.2) is 17.3 Å². The molecule has 0 aromatic heterocycles. The van der Waals surface area contributed by atoms with Gasteiger partial charge in [0.05, 0.1) is 5.41 Å². The van der Waals surface area contributed by atoms with Gasteiger partial charge < -0.3 is 0 Å². The van der Waals surface area contributed by atoms with Gasteiger partial charge in [0, 0.05) is 12.0 Å². The molecule has 0 heterocycles. The molecule has 2 aliphatic rings. The molecule has 1 unspecified atom stereocenters. The van der Waals surface area contributed by atoms with Gasteiger partial charge in [0.1, 0.15) is 5.78 Å². The Hall–Kier alpha value is -1.51. The molecule has 3 heteroatoms. The minimum absolute atomic E-state index is 0.0847. The number of ketones is 3. The third-order valence-electron chi connectivity index (χ3n) is 3.49. The highest BCUT2D eigenvalue weighted by Gasteiger charge is 2.41. The van der Waals surface area contributed by atoms with Gasteiger partial charge in [0.2, 0.25) is 0 Å². The Kier molecular flexibility index (Phi) is 2.62. The standard InChI is InChI=1S/C13H14O3/c1-13(7-3-2-4-12(13)16)10-8-9(14)5-6-11(10)15/h5-6,8H,2-4,7H2,1H3. The van der Waals surface area contributed by atoms with Crippen LogP contribution in [0, 0.1) is 5.41 Å². The Labute approximate surface area is 94.2 Å². The molecule has 0 radical (unpaired) electrons. The maximum atomic E-state index is 11.9. The van der Waals surface area contributed by atoms with Crippen molar-refractivity contribution in [2.24, 2.45) is 5.41 Å². The number of rotatable bonds is 1. The number of allylic oxidation sites excluding steroid dienone is 4. The van der Waals surface area contributed by atoms with Crippen molar-refractivity contribution in [1.82, 2.24) is 0 Å². The van der Waals surface area contributed by atoms with Gasteiger partial charge in [0.15, 0.2) is 11.6 Å². The number of carbonyl (C=O) groups excluding carboxylic acids is 3. The van der Waals surface area contributed by atoms with E-state index in [0.29, 0.717) is 18.4 Å². The molecule has 2 aliphatic carbocycles. The molecule has 0 saturated heterocycles. The van der Waals surface area contributed by atoms with Crippen LogP contribution in [0.4, 0.5) is 0 Å². The van der Waals surface area contributed by atoms with Gasteiger partial charge in [-0.3, -0.25) is 14.4 Å². The zero-order chi connectivity index (χ0) is 11.8. The molecule has 0 amide bonds. The van der Waals surface area contributed by atoms with Crippen LogP contribution in [0.3, 0.4) is 0 Å². The third-order valence-corrected chi connectivity index (χ3v) is 3.49. The molecule has 0 bridgehead atoms. The second-order valence-electron chi connectivity index (χ2n) is 4.62. The van der Waals surface area contributed by atoms with Crippen LogP contribution >= 0.6 is 0 Å². The average molecular weight is 218 g/mol. The fraction of sp³-hybridized carbons (Fsp3) is 0.462. The van der Waals surface area contributed by atoms with Crippen LogP contribution in [0.2, 0.25) is 0 Å². The number of carbonyl (C=O) groups is 3. The van der Waals surface area contributed by atoms with E-state index in [0.717, 1.165) is 12.8 Å². The lowest BCUT2D eigenvalue weighted by Gasteiger charge is -2.33. The lowest BCUT2D eigenvalue weighted by molar-refractivity contribution is -0.130. The minimum Gasteiger partial charge on any atom is -0.299 e. The summed E-state index contributed by atoms with van der Waals surface area (Å²) >= 11 is 0. The summed E-state index contributed by atoms with van der Waals surface area (Å²) in [4.78, 5) is 35.0.